The van der Waals surface area contributed by atoms with Gasteiger partial charge in [0.1, 0.15) is 11.6 Å². The fraction of sp³-hybridized carbons (Fsp3) is 0.455. The molecule has 0 fully saturated rings. The molecule has 0 bridgehead atoms. The van der Waals surface area contributed by atoms with Gasteiger partial charge in [0.15, 0.2) is 0 Å². The van der Waals surface area contributed by atoms with Gasteiger partial charge in [-0.2, -0.15) is 0 Å². The molecular weight excluding hydrogens is 184 g/mol. The summed E-state index contributed by atoms with van der Waals surface area (Å²) in [5.41, 5.74) is 0.241. The molecule has 0 heterocycles. The van der Waals surface area contributed by atoms with Gasteiger partial charge in [-0.05, 0) is 24.1 Å². The third-order valence-corrected chi connectivity index (χ3v) is 2.27. The molecule has 0 aromatic heterocycles. The Labute approximate surface area is 83.1 Å². The summed E-state index contributed by atoms with van der Waals surface area (Å²) in [7, 11) is 0. The summed E-state index contributed by atoms with van der Waals surface area (Å²) in [4.78, 5) is 0. The summed E-state index contributed by atoms with van der Waals surface area (Å²) < 4.78 is 25.8. The largest absolute Gasteiger partial charge is 0.382 e. The van der Waals surface area contributed by atoms with Gasteiger partial charge in [-0.15, -0.1) is 0 Å². The van der Waals surface area contributed by atoms with Crippen LogP contribution in [-0.2, 0) is 0 Å². The molecule has 0 amide bonds. The van der Waals surface area contributed by atoms with Crippen molar-refractivity contribution in [1.29, 1.82) is 0 Å². The van der Waals surface area contributed by atoms with Crippen molar-refractivity contribution in [3.63, 3.8) is 0 Å². The number of hydrogen-bond acceptors (Lipinski definition) is 1. The zero-order chi connectivity index (χ0) is 10.6. The summed E-state index contributed by atoms with van der Waals surface area (Å²) in [5.74, 6) is -0.370. The van der Waals surface area contributed by atoms with Crippen LogP contribution in [0.1, 0.15) is 20.3 Å². The van der Waals surface area contributed by atoms with Crippen LogP contribution in [0.3, 0.4) is 0 Å². The van der Waals surface area contributed by atoms with Crippen molar-refractivity contribution in [2.24, 2.45) is 5.92 Å². The van der Waals surface area contributed by atoms with E-state index in [0.717, 1.165) is 18.6 Å². The fourth-order valence-corrected chi connectivity index (χ4v) is 1.06. The molecule has 0 aliphatic heterocycles. The van der Waals surface area contributed by atoms with Gasteiger partial charge >= 0.3 is 0 Å². The van der Waals surface area contributed by atoms with Crippen LogP contribution in [0, 0.1) is 17.6 Å². The quantitative estimate of drug-likeness (QED) is 0.783. The summed E-state index contributed by atoms with van der Waals surface area (Å²) in [6.07, 6.45) is 1.02. The van der Waals surface area contributed by atoms with Crippen molar-refractivity contribution < 1.29 is 8.78 Å². The third kappa shape index (κ3) is 2.98. The first-order valence-electron chi connectivity index (χ1n) is 4.82. The minimum Gasteiger partial charge on any atom is -0.382 e. The Hall–Kier alpha value is -1.12. The van der Waals surface area contributed by atoms with Crippen LogP contribution in [0.25, 0.3) is 0 Å². The topological polar surface area (TPSA) is 12.0 Å². The second-order valence-corrected chi connectivity index (χ2v) is 3.52. The fourth-order valence-electron chi connectivity index (χ4n) is 1.06. The summed E-state index contributed by atoms with van der Waals surface area (Å²) in [6, 6.07) is 3.43. The monoisotopic (exact) mass is 199 g/mol. The van der Waals surface area contributed by atoms with Crippen molar-refractivity contribution in [2.75, 3.05) is 11.9 Å². The van der Waals surface area contributed by atoms with Crippen LogP contribution in [0.5, 0.6) is 0 Å². The molecule has 0 saturated carbocycles. The Bertz CT molecular complexity index is 299. The molecule has 0 aliphatic rings. The Morgan fingerprint density at radius 3 is 2.71 bits per heavy atom. The highest BCUT2D eigenvalue weighted by molar-refractivity contribution is 5.44. The molecular formula is C11H15F2N. The lowest BCUT2D eigenvalue weighted by Crippen LogP contribution is -2.11. The first kappa shape index (κ1) is 11.0. The van der Waals surface area contributed by atoms with Crippen LogP contribution < -0.4 is 5.32 Å². The molecule has 1 nitrogen and oxygen atoms in total. The lowest BCUT2D eigenvalue weighted by Gasteiger charge is -2.11. The summed E-state index contributed by atoms with van der Waals surface area (Å²) in [5, 5.41) is 2.89. The standard InChI is InChI=1S/C11H15F2N/c1-3-8(2)7-14-11-6-9(12)4-5-10(11)13/h4-6,8,14H,3,7H2,1-2H3/t8-/m1/s1. The van der Waals surface area contributed by atoms with Crippen molar-refractivity contribution in [1.82, 2.24) is 0 Å². The number of anilines is 1. The van der Waals surface area contributed by atoms with Gasteiger partial charge in [-0.1, -0.05) is 20.3 Å². The first-order valence-corrected chi connectivity index (χ1v) is 4.82. The Balaban J connectivity index is 2.62. The first-order chi connectivity index (χ1) is 6.63. The van der Waals surface area contributed by atoms with E-state index in [-0.39, 0.29) is 5.69 Å². The van der Waals surface area contributed by atoms with Crippen LogP contribution in [0.4, 0.5) is 14.5 Å². The molecule has 1 aromatic rings. The van der Waals surface area contributed by atoms with Gasteiger partial charge in [-0.25, -0.2) is 8.78 Å². The van der Waals surface area contributed by atoms with Gasteiger partial charge in [-0.3, -0.25) is 0 Å². The van der Waals surface area contributed by atoms with Gasteiger partial charge < -0.3 is 5.32 Å². The number of hydrogen-bond donors (Lipinski definition) is 1. The molecule has 0 spiro atoms. The molecule has 78 valence electrons. The van der Waals surface area contributed by atoms with Crippen molar-refractivity contribution in [3.05, 3.63) is 29.8 Å². The second-order valence-electron chi connectivity index (χ2n) is 3.52. The highest BCUT2D eigenvalue weighted by Gasteiger charge is 2.04. The smallest absolute Gasteiger partial charge is 0.146 e. The van der Waals surface area contributed by atoms with Crippen LogP contribution in [0.2, 0.25) is 0 Å². The predicted molar refractivity (Wildman–Crippen MR) is 54.3 cm³/mol. The highest BCUT2D eigenvalue weighted by Crippen LogP contribution is 2.15. The zero-order valence-electron chi connectivity index (χ0n) is 8.48. The maximum absolute atomic E-state index is 13.1. The Morgan fingerprint density at radius 1 is 1.36 bits per heavy atom. The molecule has 1 rings (SSSR count). The van der Waals surface area contributed by atoms with Crippen molar-refractivity contribution in [2.45, 2.75) is 20.3 Å². The predicted octanol–water partition coefficient (Wildman–Crippen LogP) is 3.42. The molecule has 1 aromatic carbocycles. The van der Waals surface area contributed by atoms with E-state index in [9.17, 15) is 8.78 Å². The van der Waals surface area contributed by atoms with Gasteiger partial charge in [0.2, 0.25) is 0 Å². The van der Waals surface area contributed by atoms with E-state index in [2.05, 4.69) is 19.2 Å². The van der Waals surface area contributed by atoms with Gasteiger partial charge in [0.05, 0.1) is 5.69 Å². The maximum atomic E-state index is 13.1. The molecule has 0 radical (unpaired) electrons. The molecule has 0 unspecified atom stereocenters. The number of nitrogens with one attached hydrogen (secondary N) is 1. The highest BCUT2D eigenvalue weighted by atomic mass is 19.1. The molecule has 1 N–H and O–H groups in total. The average Bonchev–Trinajstić information content (AvgIpc) is 2.19. The van der Waals surface area contributed by atoms with E-state index in [0.29, 0.717) is 12.5 Å². The lowest BCUT2D eigenvalue weighted by molar-refractivity contribution is 0.579. The van der Waals surface area contributed by atoms with Gasteiger partial charge in [0.25, 0.3) is 0 Å². The van der Waals surface area contributed by atoms with Crippen LogP contribution in [0.15, 0.2) is 18.2 Å². The second kappa shape index (κ2) is 4.94. The van der Waals surface area contributed by atoms with E-state index in [1.807, 2.05) is 0 Å². The van der Waals surface area contributed by atoms with E-state index < -0.39 is 11.6 Å². The van der Waals surface area contributed by atoms with Crippen LogP contribution >= 0.6 is 0 Å². The molecule has 1 atom stereocenters. The normalized spacial score (nSPS) is 12.6. The molecule has 0 aliphatic carbocycles. The minimum atomic E-state index is -0.418. The van der Waals surface area contributed by atoms with Crippen molar-refractivity contribution in [3.8, 4) is 0 Å². The summed E-state index contributed by atoms with van der Waals surface area (Å²) >= 11 is 0. The zero-order valence-corrected chi connectivity index (χ0v) is 8.48. The van der Waals surface area contributed by atoms with Crippen LogP contribution in [-0.4, -0.2) is 6.54 Å². The minimum absolute atomic E-state index is 0.241. The average molecular weight is 199 g/mol. The maximum Gasteiger partial charge on any atom is 0.146 e. The molecule has 14 heavy (non-hydrogen) atoms. The Kier molecular flexibility index (Phi) is 3.86. The van der Waals surface area contributed by atoms with E-state index in [1.165, 1.54) is 6.07 Å². The number of halogens is 2. The van der Waals surface area contributed by atoms with E-state index >= 15 is 0 Å². The van der Waals surface area contributed by atoms with Gasteiger partial charge in [0, 0.05) is 6.54 Å². The molecule has 0 saturated heterocycles. The number of benzene rings is 1. The SMILES string of the molecule is CC[C@@H](C)CNc1cc(F)ccc1F. The Morgan fingerprint density at radius 2 is 2.07 bits per heavy atom. The third-order valence-electron chi connectivity index (χ3n) is 2.27. The summed E-state index contributed by atoms with van der Waals surface area (Å²) in [6.45, 7) is 4.79. The van der Waals surface area contributed by atoms with E-state index in [1.54, 1.807) is 0 Å². The van der Waals surface area contributed by atoms with E-state index in [4.69, 9.17) is 0 Å². The lowest BCUT2D eigenvalue weighted by atomic mass is 10.1. The molecule has 3 heteroatoms. The number of rotatable bonds is 4. The van der Waals surface area contributed by atoms with Crippen molar-refractivity contribution >= 4 is 5.69 Å².